The second kappa shape index (κ2) is 4.40. The predicted molar refractivity (Wildman–Crippen MR) is 64.8 cm³/mol. The molecule has 2 aromatic rings. The van der Waals surface area contributed by atoms with Crippen molar-refractivity contribution < 1.29 is 0 Å². The number of rotatable bonds is 3. The second-order valence-electron chi connectivity index (χ2n) is 3.27. The Morgan fingerprint density at radius 2 is 2.27 bits per heavy atom. The standard InChI is InChI=1S/C11H13N3S/c1-8-7-12-11(13-8)14-9-4-3-5-10(6-9)15-2/h3-7H,1-2H3,(H2,12,13,14). The zero-order valence-electron chi connectivity index (χ0n) is 8.74. The summed E-state index contributed by atoms with van der Waals surface area (Å²) in [7, 11) is 0. The zero-order chi connectivity index (χ0) is 10.7. The van der Waals surface area contributed by atoms with E-state index in [4.69, 9.17) is 0 Å². The molecule has 78 valence electrons. The Morgan fingerprint density at radius 3 is 2.93 bits per heavy atom. The molecule has 3 nitrogen and oxygen atoms in total. The number of nitrogens with one attached hydrogen (secondary N) is 2. The lowest BCUT2D eigenvalue weighted by Crippen LogP contribution is -1.92. The van der Waals surface area contributed by atoms with Gasteiger partial charge in [-0.25, -0.2) is 4.98 Å². The van der Waals surface area contributed by atoms with Gasteiger partial charge in [-0.1, -0.05) is 6.07 Å². The number of benzene rings is 1. The van der Waals surface area contributed by atoms with Crippen molar-refractivity contribution in [1.82, 2.24) is 9.97 Å². The quantitative estimate of drug-likeness (QED) is 0.779. The number of hydrogen-bond donors (Lipinski definition) is 2. The van der Waals surface area contributed by atoms with E-state index in [1.807, 2.05) is 19.1 Å². The molecule has 0 radical (unpaired) electrons. The van der Waals surface area contributed by atoms with E-state index in [0.717, 1.165) is 17.3 Å². The second-order valence-corrected chi connectivity index (χ2v) is 4.15. The zero-order valence-corrected chi connectivity index (χ0v) is 9.56. The van der Waals surface area contributed by atoms with E-state index in [9.17, 15) is 0 Å². The molecule has 4 heteroatoms. The predicted octanol–water partition coefficient (Wildman–Crippen LogP) is 3.18. The number of aromatic nitrogens is 2. The molecule has 2 rings (SSSR count). The Kier molecular flexibility index (Phi) is 2.97. The average Bonchev–Trinajstić information content (AvgIpc) is 2.64. The van der Waals surface area contributed by atoms with Crippen molar-refractivity contribution in [2.45, 2.75) is 11.8 Å². The molecule has 0 spiro atoms. The molecule has 0 fully saturated rings. The molecule has 0 atom stereocenters. The summed E-state index contributed by atoms with van der Waals surface area (Å²) in [6.45, 7) is 1.98. The summed E-state index contributed by atoms with van der Waals surface area (Å²) in [5.74, 6) is 0.783. The van der Waals surface area contributed by atoms with Gasteiger partial charge in [-0.2, -0.15) is 0 Å². The number of thioether (sulfide) groups is 1. The van der Waals surface area contributed by atoms with Crippen LogP contribution in [0.5, 0.6) is 0 Å². The lowest BCUT2D eigenvalue weighted by Gasteiger charge is -2.04. The summed E-state index contributed by atoms with van der Waals surface area (Å²) in [4.78, 5) is 8.57. The van der Waals surface area contributed by atoms with Gasteiger partial charge in [0.25, 0.3) is 0 Å². The normalized spacial score (nSPS) is 10.3. The molecule has 0 saturated heterocycles. The summed E-state index contributed by atoms with van der Waals surface area (Å²) < 4.78 is 0. The molecule has 1 aromatic heterocycles. The lowest BCUT2D eigenvalue weighted by molar-refractivity contribution is 1.24. The van der Waals surface area contributed by atoms with E-state index >= 15 is 0 Å². The van der Waals surface area contributed by atoms with E-state index < -0.39 is 0 Å². The maximum Gasteiger partial charge on any atom is 0.204 e. The maximum atomic E-state index is 4.19. The van der Waals surface area contributed by atoms with E-state index in [1.54, 1.807) is 18.0 Å². The number of hydrogen-bond acceptors (Lipinski definition) is 3. The third-order valence-electron chi connectivity index (χ3n) is 2.04. The molecule has 0 aliphatic rings. The summed E-state index contributed by atoms with van der Waals surface area (Å²) in [5.41, 5.74) is 2.11. The highest BCUT2D eigenvalue weighted by atomic mass is 32.2. The molecule has 0 aliphatic carbocycles. The number of aromatic amines is 1. The molecular weight excluding hydrogens is 206 g/mol. The van der Waals surface area contributed by atoms with Crippen LogP contribution >= 0.6 is 11.8 Å². The van der Waals surface area contributed by atoms with Crippen LogP contribution in [0.4, 0.5) is 11.6 Å². The number of anilines is 2. The Morgan fingerprint density at radius 1 is 1.40 bits per heavy atom. The van der Waals surface area contributed by atoms with Crippen LogP contribution in [0.3, 0.4) is 0 Å². The molecule has 15 heavy (non-hydrogen) atoms. The van der Waals surface area contributed by atoms with Gasteiger partial charge < -0.3 is 10.3 Å². The summed E-state index contributed by atoms with van der Waals surface area (Å²) in [6.07, 6.45) is 3.87. The Bertz CT molecular complexity index is 451. The van der Waals surface area contributed by atoms with E-state index in [1.165, 1.54) is 4.90 Å². The molecule has 0 bridgehead atoms. The fourth-order valence-corrected chi connectivity index (χ4v) is 1.77. The number of aryl methyl sites for hydroxylation is 1. The molecule has 1 aromatic carbocycles. The van der Waals surface area contributed by atoms with Gasteiger partial charge in [0, 0.05) is 22.5 Å². The Balaban J connectivity index is 2.16. The molecule has 0 saturated carbocycles. The lowest BCUT2D eigenvalue weighted by atomic mass is 10.3. The molecular formula is C11H13N3S. The SMILES string of the molecule is CSc1cccc(Nc2ncc(C)[nH]2)c1. The average molecular weight is 219 g/mol. The van der Waals surface area contributed by atoms with Crippen molar-refractivity contribution in [3.8, 4) is 0 Å². The van der Waals surface area contributed by atoms with Gasteiger partial charge >= 0.3 is 0 Å². The largest absolute Gasteiger partial charge is 0.328 e. The van der Waals surface area contributed by atoms with Gasteiger partial charge in [0.2, 0.25) is 5.95 Å². The van der Waals surface area contributed by atoms with Gasteiger partial charge in [0.15, 0.2) is 0 Å². The van der Waals surface area contributed by atoms with Crippen molar-refractivity contribution >= 4 is 23.4 Å². The fourth-order valence-electron chi connectivity index (χ4n) is 1.31. The van der Waals surface area contributed by atoms with Crippen molar-refractivity contribution in [1.29, 1.82) is 0 Å². The van der Waals surface area contributed by atoms with E-state index in [0.29, 0.717) is 0 Å². The van der Waals surface area contributed by atoms with E-state index in [-0.39, 0.29) is 0 Å². The topological polar surface area (TPSA) is 40.7 Å². The fraction of sp³-hybridized carbons (Fsp3) is 0.182. The van der Waals surface area contributed by atoms with Gasteiger partial charge in [0.1, 0.15) is 0 Å². The first kappa shape index (κ1) is 10.1. The Hall–Kier alpha value is -1.42. The highest BCUT2D eigenvalue weighted by molar-refractivity contribution is 7.98. The summed E-state index contributed by atoms with van der Waals surface area (Å²) in [6, 6.07) is 8.24. The van der Waals surface area contributed by atoms with Gasteiger partial charge in [-0.3, -0.25) is 0 Å². The van der Waals surface area contributed by atoms with Crippen molar-refractivity contribution in [3.63, 3.8) is 0 Å². The van der Waals surface area contributed by atoms with E-state index in [2.05, 4.69) is 33.7 Å². The van der Waals surface area contributed by atoms with Gasteiger partial charge in [-0.15, -0.1) is 11.8 Å². The van der Waals surface area contributed by atoms with Crippen LogP contribution in [0, 0.1) is 6.92 Å². The third-order valence-corrected chi connectivity index (χ3v) is 2.76. The summed E-state index contributed by atoms with van der Waals surface area (Å²) in [5, 5.41) is 3.22. The third kappa shape index (κ3) is 2.53. The van der Waals surface area contributed by atoms with Crippen molar-refractivity contribution in [3.05, 3.63) is 36.2 Å². The number of nitrogens with zero attached hydrogens (tertiary/aromatic N) is 1. The number of imidazole rings is 1. The van der Waals surface area contributed by atoms with Crippen LogP contribution in [0.2, 0.25) is 0 Å². The molecule has 0 aliphatic heterocycles. The van der Waals surface area contributed by atoms with Crippen molar-refractivity contribution in [2.75, 3.05) is 11.6 Å². The minimum absolute atomic E-state index is 0.783. The first-order chi connectivity index (χ1) is 7.28. The first-order valence-electron chi connectivity index (χ1n) is 4.70. The summed E-state index contributed by atoms with van der Waals surface area (Å²) >= 11 is 1.73. The van der Waals surface area contributed by atoms with Crippen LogP contribution in [-0.2, 0) is 0 Å². The Labute approximate surface area is 93.3 Å². The van der Waals surface area contributed by atoms with Gasteiger partial charge in [-0.05, 0) is 31.4 Å². The van der Waals surface area contributed by atoms with Crippen molar-refractivity contribution in [2.24, 2.45) is 0 Å². The van der Waals surface area contributed by atoms with Crippen LogP contribution in [0.15, 0.2) is 35.4 Å². The molecule has 0 amide bonds. The van der Waals surface area contributed by atoms with Crippen LogP contribution in [-0.4, -0.2) is 16.2 Å². The highest BCUT2D eigenvalue weighted by Gasteiger charge is 1.98. The van der Waals surface area contributed by atoms with Crippen LogP contribution < -0.4 is 5.32 Å². The molecule has 0 unspecified atom stereocenters. The molecule has 2 N–H and O–H groups in total. The monoisotopic (exact) mass is 219 g/mol. The van der Waals surface area contributed by atoms with Crippen LogP contribution in [0.1, 0.15) is 5.69 Å². The maximum absolute atomic E-state index is 4.19. The smallest absolute Gasteiger partial charge is 0.204 e. The molecule has 1 heterocycles. The highest BCUT2D eigenvalue weighted by Crippen LogP contribution is 2.20. The minimum atomic E-state index is 0.783. The first-order valence-corrected chi connectivity index (χ1v) is 5.93. The van der Waals surface area contributed by atoms with Crippen LogP contribution in [0.25, 0.3) is 0 Å². The van der Waals surface area contributed by atoms with Gasteiger partial charge in [0.05, 0.1) is 0 Å². The number of H-pyrrole nitrogens is 1. The minimum Gasteiger partial charge on any atom is -0.328 e.